The molecule has 0 aliphatic heterocycles. The van der Waals surface area contributed by atoms with Crippen LogP contribution >= 0.6 is 0 Å². The largest absolute Gasteiger partial charge is 0.488 e. The third-order valence-corrected chi connectivity index (χ3v) is 3.17. The van der Waals surface area contributed by atoms with Gasteiger partial charge in [0.05, 0.1) is 0 Å². The van der Waals surface area contributed by atoms with Crippen molar-refractivity contribution in [2.75, 3.05) is 0 Å². The van der Waals surface area contributed by atoms with Crippen molar-refractivity contribution < 1.29 is 13.5 Å². The molecule has 0 aromatic heterocycles. The first-order valence-electron chi connectivity index (χ1n) is 6.53. The normalized spacial score (nSPS) is 12.2. The molecule has 2 nitrogen and oxygen atoms in total. The van der Waals surface area contributed by atoms with Crippen LogP contribution in [0, 0.1) is 11.6 Å². The summed E-state index contributed by atoms with van der Waals surface area (Å²) < 4.78 is 32.3. The predicted molar refractivity (Wildman–Crippen MR) is 74.4 cm³/mol. The number of hydrogen-bond acceptors (Lipinski definition) is 2. The first kappa shape index (κ1) is 14.5. The van der Waals surface area contributed by atoms with E-state index in [2.05, 4.69) is 0 Å². The lowest BCUT2D eigenvalue weighted by molar-refractivity contribution is 0.292. The van der Waals surface area contributed by atoms with Gasteiger partial charge in [0.2, 0.25) is 0 Å². The summed E-state index contributed by atoms with van der Waals surface area (Å²) in [7, 11) is 0. The summed E-state index contributed by atoms with van der Waals surface area (Å²) in [5.41, 5.74) is 7.06. The second-order valence-corrected chi connectivity index (χ2v) is 4.55. The fraction of sp³-hybridized carbons (Fsp3) is 0.250. The van der Waals surface area contributed by atoms with Gasteiger partial charge in [-0.3, -0.25) is 0 Å². The van der Waals surface area contributed by atoms with Gasteiger partial charge in [-0.25, -0.2) is 8.78 Å². The predicted octanol–water partition coefficient (Wildman–Crippen LogP) is 3.95. The van der Waals surface area contributed by atoms with Crippen LogP contribution in [0.3, 0.4) is 0 Å². The zero-order valence-corrected chi connectivity index (χ0v) is 11.3. The average molecular weight is 277 g/mol. The summed E-state index contributed by atoms with van der Waals surface area (Å²) in [5.74, 6) is -1.14. The molecule has 0 saturated carbocycles. The van der Waals surface area contributed by atoms with Gasteiger partial charge in [0.15, 0.2) is 11.6 Å². The van der Waals surface area contributed by atoms with Crippen LogP contribution in [0.15, 0.2) is 42.5 Å². The van der Waals surface area contributed by atoms with E-state index in [9.17, 15) is 8.78 Å². The van der Waals surface area contributed by atoms with Gasteiger partial charge in [-0.1, -0.05) is 37.3 Å². The maximum atomic E-state index is 13.5. The van der Waals surface area contributed by atoms with Crippen LogP contribution in [-0.2, 0) is 6.61 Å². The molecule has 0 spiro atoms. The summed E-state index contributed by atoms with van der Waals surface area (Å²) in [5, 5.41) is 0. The van der Waals surface area contributed by atoms with Crippen molar-refractivity contribution in [1.82, 2.24) is 0 Å². The van der Waals surface area contributed by atoms with Crippen molar-refractivity contribution in [1.29, 1.82) is 0 Å². The Morgan fingerprint density at radius 2 is 1.85 bits per heavy atom. The summed E-state index contributed by atoms with van der Waals surface area (Å²) in [6, 6.07) is 11.3. The van der Waals surface area contributed by atoms with Crippen molar-refractivity contribution in [3.05, 3.63) is 65.2 Å². The molecule has 2 aromatic carbocycles. The first-order chi connectivity index (χ1) is 9.63. The van der Waals surface area contributed by atoms with Crippen LogP contribution < -0.4 is 10.5 Å². The second-order valence-electron chi connectivity index (χ2n) is 4.55. The van der Waals surface area contributed by atoms with Gasteiger partial charge in [0, 0.05) is 17.2 Å². The van der Waals surface area contributed by atoms with E-state index in [1.807, 2.05) is 25.1 Å². The number of para-hydroxylation sites is 1. The number of hydrogen-bond donors (Lipinski definition) is 1. The van der Waals surface area contributed by atoms with Gasteiger partial charge in [0.1, 0.15) is 12.4 Å². The molecule has 1 unspecified atom stereocenters. The third-order valence-electron chi connectivity index (χ3n) is 3.17. The fourth-order valence-electron chi connectivity index (χ4n) is 1.95. The molecule has 0 saturated heterocycles. The molecular formula is C16H17F2NO. The Kier molecular flexibility index (Phi) is 4.69. The van der Waals surface area contributed by atoms with Crippen LogP contribution in [0.5, 0.6) is 5.75 Å². The monoisotopic (exact) mass is 277 g/mol. The van der Waals surface area contributed by atoms with E-state index in [4.69, 9.17) is 10.5 Å². The van der Waals surface area contributed by atoms with Crippen LogP contribution in [0.25, 0.3) is 0 Å². The van der Waals surface area contributed by atoms with Crippen molar-refractivity contribution in [3.63, 3.8) is 0 Å². The molecule has 0 aliphatic carbocycles. The summed E-state index contributed by atoms with van der Waals surface area (Å²) in [6.07, 6.45) is 0.773. The Morgan fingerprint density at radius 3 is 2.60 bits per heavy atom. The zero-order chi connectivity index (χ0) is 14.5. The lowest BCUT2D eigenvalue weighted by Gasteiger charge is -2.15. The van der Waals surface area contributed by atoms with E-state index in [-0.39, 0.29) is 18.2 Å². The van der Waals surface area contributed by atoms with E-state index in [1.165, 1.54) is 12.1 Å². The van der Waals surface area contributed by atoms with Crippen LogP contribution in [0.1, 0.15) is 30.5 Å². The zero-order valence-electron chi connectivity index (χ0n) is 11.3. The molecule has 0 heterocycles. The lowest BCUT2D eigenvalue weighted by Crippen LogP contribution is -2.11. The standard InChI is InChI=1S/C16H17F2NO/c1-2-14(19)12-7-3-4-9-15(12)20-10-11-6-5-8-13(17)16(11)18/h3-9,14H,2,10,19H2,1H3. The van der Waals surface area contributed by atoms with Gasteiger partial charge in [-0.2, -0.15) is 0 Å². The van der Waals surface area contributed by atoms with Gasteiger partial charge in [-0.15, -0.1) is 0 Å². The average Bonchev–Trinajstić information content (AvgIpc) is 2.48. The molecule has 0 bridgehead atoms. The summed E-state index contributed by atoms with van der Waals surface area (Å²) >= 11 is 0. The van der Waals surface area contributed by atoms with Crippen molar-refractivity contribution in [3.8, 4) is 5.75 Å². The first-order valence-corrected chi connectivity index (χ1v) is 6.53. The highest BCUT2D eigenvalue weighted by atomic mass is 19.2. The van der Waals surface area contributed by atoms with E-state index >= 15 is 0 Å². The molecule has 20 heavy (non-hydrogen) atoms. The highest BCUT2D eigenvalue weighted by Crippen LogP contribution is 2.26. The van der Waals surface area contributed by atoms with Crippen LogP contribution in [0.4, 0.5) is 8.78 Å². The van der Waals surface area contributed by atoms with Gasteiger partial charge in [0.25, 0.3) is 0 Å². The van der Waals surface area contributed by atoms with E-state index < -0.39 is 11.6 Å². The maximum absolute atomic E-state index is 13.5. The third kappa shape index (κ3) is 3.14. The molecular weight excluding hydrogens is 260 g/mol. The topological polar surface area (TPSA) is 35.2 Å². The van der Waals surface area contributed by atoms with Crippen molar-refractivity contribution >= 4 is 0 Å². The van der Waals surface area contributed by atoms with Gasteiger partial charge in [-0.05, 0) is 18.6 Å². The Balaban J connectivity index is 2.17. The Hall–Kier alpha value is -1.94. The van der Waals surface area contributed by atoms with Crippen LogP contribution in [0.2, 0.25) is 0 Å². The van der Waals surface area contributed by atoms with Crippen molar-refractivity contribution in [2.45, 2.75) is 26.0 Å². The molecule has 0 amide bonds. The highest BCUT2D eigenvalue weighted by molar-refractivity contribution is 5.36. The van der Waals surface area contributed by atoms with Crippen LogP contribution in [-0.4, -0.2) is 0 Å². The Labute approximate surface area is 117 Å². The molecule has 2 N–H and O–H groups in total. The van der Waals surface area contributed by atoms with E-state index in [1.54, 1.807) is 6.07 Å². The lowest BCUT2D eigenvalue weighted by atomic mass is 10.0. The number of halogens is 2. The maximum Gasteiger partial charge on any atom is 0.165 e. The molecule has 2 rings (SSSR count). The molecule has 4 heteroatoms. The van der Waals surface area contributed by atoms with Gasteiger partial charge < -0.3 is 10.5 Å². The summed E-state index contributed by atoms with van der Waals surface area (Å²) in [6.45, 7) is 1.95. The number of rotatable bonds is 5. The fourth-order valence-corrected chi connectivity index (χ4v) is 1.95. The van der Waals surface area contributed by atoms with Crippen molar-refractivity contribution in [2.24, 2.45) is 5.73 Å². The summed E-state index contributed by atoms with van der Waals surface area (Å²) in [4.78, 5) is 0. The molecule has 0 radical (unpaired) electrons. The minimum Gasteiger partial charge on any atom is -0.488 e. The quantitative estimate of drug-likeness (QED) is 0.898. The molecule has 0 aliphatic rings. The molecule has 1 atom stereocenters. The minimum absolute atomic E-state index is 0.0307. The number of ether oxygens (including phenoxy) is 1. The SMILES string of the molecule is CCC(N)c1ccccc1OCc1cccc(F)c1F. The molecule has 2 aromatic rings. The highest BCUT2D eigenvalue weighted by Gasteiger charge is 2.12. The Morgan fingerprint density at radius 1 is 1.10 bits per heavy atom. The second kappa shape index (κ2) is 6.48. The number of benzene rings is 2. The van der Waals surface area contributed by atoms with E-state index in [0.29, 0.717) is 5.75 Å². The van der Waals surface area contributed by atoms with Gasteiger partial charge >= 0.3 is 0 Å². The minimum atomic E-state index is -0.871. The number of nitrogens with two attached hydrogens (primary N) is 1. The Bertz CT molecular complexity index is 586. The smallest absolute Gasteiger partial charge is 0.165 e. The molecule has 106 valence electrons. The molecule has 0 fully saturated rings. The van der Waals surface area contributed by atoms with E-state index in [0.717, 1.165) is 18.1 Å².